The first kappa shape index (κ1) is 23.0. The van der Waals surface area contributed by atoms with Gasteiger partial charge in [-0.1, -0.05) is 6.07 Å². The summed E-state index contributed by atoms with van der Waals surface area (Å²) in [7, 11) is 5.61. The zero-order valence-corrected chi connectivity index (χ0v) is 20.1. The van der Waals surface area contributed by atoms with Crippen LogP contribution in [0.5, 0.6) is 0 Å². The Balaban J connectivity index is 1.84. The lowest BCUT2D eigenvalue weighted by molar-refractivity contribution is -0.121. The quantitative estimate of drug-likeness (QED) is 0.626. The van der Waals surface area contributed by atoms with Gasteiger partial charge in [0.25, 0.3) is 0 Å². The topological polar surface area (TPSA) is 84.0 Å². The maximum Gasteiger partial charge on any atom is 0.411 e. The summed E-state index contributed by atoms with van der Waals surface area (Å²) in [4.78, 5) is 34.4. The summed E-state index contributed by atoms with van der Waals surface area (Å²) >= 11 is 3.35. The summed E-state index contributed by atoms with van der Waals surface area (Å²) < 4.78 is 11.5. The highest BCUT2D eigenvalue weighted by Gasteiger charge is 2.67. The first-order valence-electron chi connectivity index (χ1n) is 10.1. The molecular weight excluding hydrogens is 452 g/mol. The molecule has 1 saturated heterocycles. The summed E-state index contributed by atoms with van der Waals surface area (Å²) in [5, 5.41) is 2.91. The third-order valence-electron chi connectivity index (χ3n) is 5.44. The molecule has 1 aliphatic heterocycles. The molecular formula is C21H31BrN4O4. The largest absolute Gasteiger partial charge is 0.444 e. The van der Waals surface area contributed by atoms with Gasteiger partial charge in [0, 0.05) is 30.7 Å². The van der Waals surface area contributed by atoms with E-state index in [-0.39, 0.29) is 17.4 Å². The lowest BCUT2D eigenvalue weighted by Gasteiger charge is -2.30. The molecule has 8 nitrogen and oxygen atoms in total. The zero-order valence-electron chi connectivity index (χ0n) is 18.5. The Morgan fingerprint density at radius 3 is 2.63 bits per heavy atom. The number of halogens is 1. The summed E-state index contributed by atoms with van der Waals surface area (Å²) in [6.45, 7) is 6.64. The fraction of sp³-hybridized carbons (Fsp3) is 0.667. The minimum atomic E-state index is -0.628. The van der Waals surface area contributed by atoms with E-state index in [2.05, 4.69) is 31.1 Å². The molecule has 3 rings (SSSR count). The van der Waals surface area contributed by atoms with Crippen LogP contribution in [0.3, 0.4) is 0 Å². The van der Waals surface area contributed by atoms with Crippen molar-refractivity contribution in [3.8, 4) is 0 Å². The average molecular weight is 483 g/mol. The van der Waals surface area contributed by atoms with Crippen molar-refractivity contribution in [3.63, 3.8) is 0 Å². The standard InChI is InChI=1S/C21H31BrN4O4/c1-20(2,3)30-19(28)26-14(9-21(10-15(21)26)12-25(4)5)18(27)24-17-13(11-29-6)7-8-16(22)23-17/h7-8,14-15H,9-12H2,1-6H3,(H,23,24,27)/t14-,15+,21-/m0/s1. The molecule has 1 aromatic rings. The van der Waals surface area contributed by atoms with Gasteiger partial charge in [-0.05, 0) is 69.7 Å². The number of nitrogens with one attached hydrogen (secondary N) is 1. The highest BCUT2D eigenvalue weighted by atomic mass is 79.9. The molecule has 2 amide bonds. The number of fused-ring (bicyclic) bond motifs is 1. The fourth-order valence-corrected chi connectivity index (χ4v) is 4.65. The predicted molar refractivity (Wildman–Crippen MR) is 117 cm³/mol. The van der Waals surface area contributed by atoms with E-state index < -0.39 is 17.7 Å². The summed E-state index contributed by atoms with van der Waals surface area (Å²) in [6.07, 6.45) is 1.05. The molecule has 1 aliphatic carbocycles. The number of hydrogen-bond donors (Lipinski definition) is 1. The van der Waals surface area contributed by atoms with Gasteiger partial charge >= 0.3 is 6.09 Å². The number of methoxy groups -OCH3 is 1. The van der Waals surface area contributed by atoms with Crippen molar-refractivity contribution in [2.24, 2.45) is 5.41 Å². The van der Waals surface area contributed by atoms with Crippen LogP contribution >= 0.6 is 15.9 Å². The molecule has 0 radical (unpaired) electrons. The van der Waals surface area contributed by atoms with Crippen LogP contribution in [0.1, 0.15) is 39.2 Å². The minimum Gasteiger partial charge on any atom is -0.444 e. The van der Waals surface area contributed by atoms with Crippen molar-refractivity contribution < 1.29 is 19.1 Å². The van der Waals surface area contributed by atoms with E-state index in [0.29, 0.717) is 23.4 Å². The maximum absolute atomic E-state index is 13.3. The van der Waals surface area contributed by atoms with Crippen molar-refractivity contribution in [1.29, 1.82) is 0 Å². The average Bonchev–Trinajstić information content (AvgIpc) is 3.17. The zero-order chi connectivity index (χ0) is 22.3. The second-order valence-corrected chi connectivity index (χ2v) is 10.3. The van der Waals surface area contributed by atoms with Gasteiger partial charge in [0.15, 0.2) is 0 Å². The van der Waals surface area contributed by atoms with Crippen LogP contribution in [-0.4, -0.2) is 72.2 Å². The van der Waals surface area contributed by atoms with E-state index in [9.17, 15) is 9.59 Å². The first-order valence-corrected chi connectivity index (χ1v) is 10.9. The SMILES string of the molecule is COCc1ccc(Br)nc1NC(=O)[C@@H]1C[C@@]2(CN(C)C)C[C@H]2N1C(=O)OC(C)(C)C. The van der Waals surface area contributed by atoms with Crippen LogP contribution in [0, 0.1) is 5.41 Å². The smallest absolute Gasteiger partial charge is 0.411 e. The summed E-state index contributed by atoms with van der Waals surface area (Å²) in [6, 6.07) is 3.06. The van der Waals surface area contributed by atoms with Gasteiger partial charge in [-0.15, -0.1) is 0 Å². The van der Waals surface area contributed by atoms with E-state index in [1.54, 1.807) is 18.1 Å². The Bertz CT molecular complexity index is 826. The molecule has 1 saturated carbocycles. The number of rotatable bonds is 6. The van der Waals surface area contributed by atoms with Crippen molar-refractivity contribution in [1.82, 2.24) is 14.8 Å². The normalized spacial score (nSPS) is 25.3. The van der Waals surface area contributed by atoms with Crippen LogP contribution in [0.25, 0.3) is 0 Å². The summed E-state index contributed by atoms with van der Waals surface area (Å²) in [5.74, 6) is 0.178. The molecule has 1 aromatic heterocycles. The van der Waals surface area contributed by atoms with Crippen molar-refractivity contribution in [3.05, 3.63) is 22.3 Å². The fourth-order valence-electron chi connectivity index (χ4n) is 4.34. The van der Waals surface area contributed by atoms with E-state index >= 15 is 0 Å². The van der Waals surface area contributed by atoms with Crippen LogP contribution in [-0.2, 0) is 20.9 Å². The minimum absolute atomic E-state index is 0.0133. The van der Waals surface area contributed by atoms with Gasteiger partial charge in [-0.2, -0.15) is 0 Å². The lowest BCUT2D eigenvalue weighted by atomic mass is 9.98. The van der Waals surface area contributed by atoms with Crippen molar-refractivity contribution >= 4 is 33.7 Å². The highest BCUT2D eigenvalue weighted by molar-refractivity contribution is 9.10. The molecule has 2 heterocycles. The molecule has 30 heavy (non-hydrogen) atoms. The second kappa shape index (κ2) is 8.43. The van der Waals surface area contributed by atoms with Gasteiger partial charge in [0.05, 0.1) is 6.61 Å². The Kier molecular flexibility index (Phi) is 6.46. The summed E-state index contributed by atoms with van der Waals surface area (Å²) in [5.41, 5.74) is 0.0729. The highest BCUT2D eigenvalue weighted by Crippen LogP contribution is 2.60. The van der Waals surface area contributed by atoms with Gasteiger partial charge in [0.1, 0.15) is 22.1 Å². The number of amides is 2. The van der Waals surface area contributed by atoms with Gasteiger partial charge in [-0.3, -0.25) is 9.69 Å². The lowest BCUT2D eigenvalue weighted by Crippen LogP contribution is -2.47. The Labute approximate surface area is 186 Å². The van der Waals surface area contributed by atoms with Crippen molar-refractivity contribution in [2.75, 3.05) is 33.1 Å². The number of aromatic nitrogens is 1. The van der Waals surface area contributed by atoms with Crippen LogP contribution < -0.4 is 5.32 Å². The second-order valence-electron chi connectivity index (χ2n) is 9.49. The third kappa shape index (κ3) is 4.95. The molecule has 0 bridgehead atoms. The third-order valence-corrected chi connectivity index (χ3v) is 5.88. The number of nitrogens with zero attached hydrogens (tertiary/aromatic N) is 3. The van der Waals surface area contributed by atoms with Crippen LogP contribution in [0.4, 0.5) is 10.6 Å². The molecule has 0 aromatic carbocycles. The monoisotopic (exact) mass is 482 g/mol. The molecule has 2 fully saturated rings. The predicted octanol–water partition coefficient (Wildman–Crippen LogP) is 3.26. The van der Waals surface area contributed by atoms with Crippen molar-refractivity contribution in [2.45, 2.75) is 57.9 Å². The number of carbonyl (C=O) groups is 2. The molecule has 0 spiro atoms. The number of hydrogen-bond acceptors (Lipinski definition) is 6. The number of ether oxygens (including phenoxy) is 2. The molecule has 3 atom stereocenters. The molecule has 166 valence electrons. The first-order chi connectivity index (χ1) is 14.0. The van der Waals surface area contributed by atoms with Gasteiger partial charge in [0.2, 0.25) is 5.91 Å². The number of likely N-dealkylation sites (tertiary alicyclic amines) is 1. The van der Waals surface area contributed by atoms with E-state index in [4.69, 9.17) is 9.47 Å². The number of anilines is 1. The van der Waals surface area contributed by atoms with E-state index in [1.807, 2.05) is 40.9 Å². The Hall–Kier alpha value is -1.71. The number of piperidine rings is 1. The van der Waals surface area contributed by atoms with E-state index in [1.165, 1.54) is 0 Å². The molecule has 0 unspecified atom stereocenters. The molecule has 2 aliphatic rings. The maximum atomic E-state index is 13.3. The number of carbonyl (C=O) groups excluding carboxylic acids is 2. The Morgan fingerprint density at radius 1 is 1.33 bits per heavy atom. The molecule has 1 N–H and O–H groups in total. The van der Waals surface area contributed by atoms with Gasteiger partial charge in [-0.25, -0.2) is 9.78 Å². The molecule has 9 heteroatoms. The number of pyridine rings is 1. The van der Waals surface area contributed by atoms with Crippen LogP contribution in [0.15, 0.2) is 16.7 Å². The Morgan fingerprint density at radius 2 is 2.03 bits per heavy atom. The van der Waals surface area contributed by atoms with Gasteiger partial charge < -0.3 is 19.7 Å². The van der Waals surface area contributed by atoms with E-state index in [0.717, 1.165) is 18.5 Å². The van der Waals surface area contributed by atoms with Crippen LogP contribution in [0.2, 0.25) is 0 Å².